The number of anilines is 1. The van der Waals surface area contributed by atoms with Crippen LogP contribution in [0.25, 0.3) is 11.3 Å². The van der Waals surface area contributed by atoms with Crippen molar-refractivity contribution in [1.82, 2.24) is 15.0 Å². The quantitative estimate of drug-likeness (QED) is 0.402. The third kappa shape index (κ3) is 5.19. The lowest BCUT2D eigenvalue weighted by atomic mass is 10.2. The van der Waals surface area contributed by atoms with Crippen molar-refractivity contribution in [3.63, 3.8) is 0 Å². The van der Waals surface area contributed by atoms with Crippen molar-refractivity contribution in [3.05, 3.63) is 85.2 Å². The van der Waals surface area contributed by atoms with Gasteiger partial charge in [0.1, 0.15) is 5.75 Å². The van der Waals surface area contributed by atoms with Crippen molar-refractivity contribution in [2.24, 2.45) is 0 Å². The summed E-state index contributed by atoms with van der Waals surface area (Å²) < 4.78 is 33.8. The first-order valence-corrected chi connectivity index (χ1v) is 11.9. The molecule has 2 aromatic heterocycles. The van der Waals surface area contributed by atoms with Gasteiger partial charge in [-0.1, -0.05) is 36.4 Å². The molecular weight excluding hydrogens is 432 g/mol. The van der Waals surface area contributed by atoms with Crippen LogP contribution in [0, 0.1) is 0 Å². The molecule has 0 fully saturated rings. The summed E-state index contributed by atoms with van der Waals surface area (Å²) in [6, 6.07) is 20.7. The second-order valence-electron chi connectivity index (χ2n) is 6.36. The summed E-state index contributed by atoms with van der Waals surface area (Å²) in [5, 5.41) is 0. The highest BCUT2D eigenvalue weighted by Crippen LogP contribution is 2.28. The van der Waals surface area contributed by atoms with Crippen LogP contribution < -0.4 is 9.46 Å². The molecule has 0 aliphatic carbocycles. The summed E-state index contributed by atoms with van der Waals surface area (Å²) in [6.45, 7) is 0. The molecule has 0 unspecified atom stereocenters. The molecule has 0 amide bonds. The zero-order chi connectivity index (χ0) is 21.7. The van der Waals surface area contributed by atoms with Crippen LogP contribution in [0.15, 0.2) is 95.0 Å². The Hall–Kier alpha value is -3.43. The van der Waals surface area contributed by atoms with Crippen LogP contribution in [0.2, 0.25) is 0 Å². The van der Waals surface area contributed by atoms with E-state index < -0.39 is 10.0 Å². The van der Waals surface area contributed by atoms with E-state index in [9.17, 15) is 8.42 Å². The fourth-order valence-corrected chi connectivity index (χ4v) is 4.11. The number of ether oxygens (including phenoxy) is 1. The standard InChI is InChI=1S/C22H18N4O3S2/c1-30-18-12-16(14-23-15-18)20-13-21(29-17-8-4-2-5-9-17)25-22(24-20)26-31(27,28)19-10-6-3-7-11-19/h2-15H,1H3,(H,24,25,26). The maximum Gasteiger partial charge on any atom is 0.264 e. The topological polar surface area (TPSA) is 94.1 Å². The molecule has 0 spiro atoms. The normalized spacial score (nSPS) is 11.1. The third-order valence-corrected chi connectivity index (χ3v) is 6.23. The van der Waals surface area contributed by atoms with Crippen molar-refractivity contribution in [2.45, 2.75) is 9.79 Å². The van der Waals surface area contributed by atoms with Crippen molar-refractivity contribution in [1.29, 1.82) is 0 Å². The number of rotatable bonds is 7. The van der Waals surface area contributed by atoms with Gasteiger partial charge in [-0.05, 0) is 36.6 Å². The first-order chi connectivity index (χ1) is 15.0. The Morgan fingerprint density at radius 1 is 0.903 bits per heavy atom. The fourth-order valence-electron chi connectivity index (χ4n) is 2.73. The van der Waals surface area contributed by atoms with Crippen molar-refractivity contribution >= 4 is 27.7 Å². The zero-order valence-electron chi connectivity index (χ0n) is 16.5. The molecule has 1 N–H and O–H groups in total. The zero-order valence-corrected chi connectivity index (χ0v) is 18.1. The van der Waals surface area contributed by atoms with E-state index in [1.807, 2.05) is 30.5 Å². The highest BCUT2D eigenvalue weighted by Gasteiger charge is 2.17. The van der Waals surface area contributed by atoms with Crippen molar-refractivity contribution in [2.75, 3.05) is 11.0 Å². The fraction of sp³-hybridized carbons (Fsp3) is 0.0455. The van der Waals surface area contributed by atoms with E-state index in [-0.39, 0.29) is 16.7 Å². The Morgan fingerprint density at radius 2 is 1.61 bits per heavy atom. The van der Waals surface area contributed by atoms with E-state index in [2.05, 4.69) is 19.7 Å². The summed E-state index contributed by atoms with van der Waals surface area (Å²) in [7, 11) is -3.87. The number of para-hydroxylation sites is 1. The van der Waals surface area contributed by atoms with Crippen LogP contribution in [0.3, 0.4) is 0 Å². The van der Waals surface area contributed by atoms with Gasteiger partial charge < -0.3 is 4.74 Å². The molecule has 0 aliphatic heterocycles. The number of aromatic nitrogens is 3. The Bertz CT molecular complexity index is 1280. The van der Waals surface area contributed by atoms with Crippen LogP contribution in [0.1, 0.15) is 0 Å². The molecule has 156 valence electrons. The van der Waals surface area contributed by atoms with Crippen LogP contribution in [-0.2, 0) is 10.0 Å². The van der Waals surface area contributed by atoms with Gasteiger partial charge in [-0.3, -0.25) is 4.98 Å². The summed E-state index contributed by atoms with van der Waals surface area (Å²) in [5.74, 6) is 0.679. The number of nitrogens with one attached hydrogen (secondary N) is 1. The first kappa shape index (κ1) is 20.8. The van der Waals surface area contributed by atoms with Crippen LogP contribution in [0.4, 0.5) is 5.95 Å². The molecule has 4 aromatic rings. The van der Waals surface area contributed by atoms with E-state index in [0.717, 1.165) is 4.90 Å². The van der Waals surface area contributed by atoms with Gasteiger partial charge in [-0.2, -0.15) is 4.98 Å². The molecule has 0 radical (unpaired) electrons. The van der Waals surface area contributed by atoms with Gasteiger partial charge in [-0.15, -0.1) is 11.8 Å². The van der Waals surface area contributed by atoms with Gasteiger partial charge in [0, 0.05) is 28.9 Å². The SMILES string of the molecule is CSc1cncc(-c2cc(Oc3ccccc3)nc(NS(=O)(=O)c3ccccc3)n2)c1. The molecule has 2 heterocycles. The van der Waals surface area contributed by atoms with E-state index in [0.29, 0.717) is 17.0 Å². The smallest absolute Gasteiger partial charge is 0.264 e. The summed E-state index contributed by atoms with van der Waals surface area (Å²) in [4.78, 5) is 14.0. The number of hydrogen-bond donors (Lipinski definition) is 1. The molecule has 0 bridgehead atoms. The van der Waals surface area contributed by atoms with Crippen LogP contribution in [-0.4, -0.2) is 29.6 Å². The Balaban J connectivity index is 1.75. The highest BCUT2D eigenvalue weighted by molar-refractivity contribution is 7.98. The van der Waals surface area contributed by atoms with Crippen molar-refractivity contribution in [3.8, 4) is 22.9 Å². The number of benzene rings is 2. The second-order valence-corrected chi connectivity index (χ2v) is 8.92. The molecule has 9 heteroatoms. The van der Waals surface area contributed by atoms with E-state index >= 15 is 0 Å². The lowest BCUT2D eigenvalue weighted by Crippen LogP contribution is -2.15. The molecule has 0 saturated carbocycles. The van der Waals surface area contributed by atoms with Gasteiger partial charge in [0.15, 0.2) is 0 Å². The van der Waals surface area contributed by atoms with E-state index in [4.69, 9.17) is 4.74 Å². The molecular formula is C22H18N4O3S2. The Kier molecular flexibility index (Phi) is 6.15. The number of pyridine rings is 1. The molecule has 31 heavy (non-hydrogen) atoms. The second kappa shape index (κ2) is 9.15. The van der Waals surface area contributed by atoms with Crippen LogP contribution >= 0.6 is 11.8 Å². The lowest BCUT2D eigenvalue weighted by Gasteiger charge is -2.11. The minimum Gasteiger partial charge on any atom is -0.439 e. The molecule has 4 rings (SSSR count). The van der Waals surface area contributed by atoms with Crippen molar-refractivity contribution < 1.29 is 13.2 Å². The van der Waals surface area contributed by atoms with Crippen LogP contribution in [0.5, 0.6) is 11.6 Å². The largest absolute Gasteiger partial charge is 0.439 e. The molecule has 0 saturated heterocycles. The summed E-state index contributed by atoms with van der Waals surface area (Å²) in [6.07, 6.45) is 5.35. The highest BCUT2D eigenvalue weighted by atomic mass is 32.2. The van der Waals surface area contributed by atoms with Gasteiger partial charge in [0.2, 0.25) is 11.8 Å². The molecule has 0 atom stereocenters. The number of hydrogen-bond acceptors (Lipinski definition) is 7. The third-order valence-electron chi connectivity index (χ3n) is 4.19. The number of nitrogens with zero attached hydrogens (tertiary/aromatic N) is 3. The Labute approximate surface area is 184 Å². The van der Waals surface area contributed by atoms with Gasteiger partial charge in [0.25, 0.3) is 10.0 Å². The lowest BCUT2D eigenvalue weighted by molar-refractivity contribution is 0.463. The van der Waals surface area contributed by atoms with Gasteiger partial charge in [0.05, 0.1) is 10.6 Å². The average Bonchev–Trinajstić information content (AvgIpc) is 2.80. The van der Waals surface area contributed by atoms with Gasteiger partial charge >= 0.3 is 0 Å². The van der Waals surface area contributed by atoms with E-state index in [1.165, 1.54) is 12.1 Å². The number of sulfonamides is 1. The van der Waals surface area contributed by atoms with E-state index in [1.54, 1.807) is 60.6 Å². The molecule has 0 aliphatic rings. The predicted molar refractivity (Wildman–Crippen MR) is 121 cm³/mol. The average molecular weight is 451 g/mol. The minimum absolute atomic E-state index is 0.0955. The Morgan fingerprint density at radius 3 is 2.32 bits per heavy atom. The monoisotopic (exact) mass is 450 g/mol. The maximum absolute atomic E-state index is 12.8. The minimum atomic E-state index is -3.87. The molecule has 7 nitrogen and oxygen atoms in total. The molecule has 2 aromatic carbocycles. The number of thioether (sulfide) groups is 1. The maximum atomic E-state index is 12.8. The first-order valence-electron chi connectivity index (χ1n) is 9.23. The van der Waals surface area contributed by atoms with Gasteiger partial charge in [-0.25, -0.2) is 18.1 Å². The predicted octanol–water partition coefficient (Wildman–Crippen LogP) is 4.85. The summed E-state index contributed by atoms with van der Waals surface area (Å²) >= 11 is 1.55. The summed E-state index contributed by atoms with van der Waals surface area (Å²) in [5.41, 5.74) is 1.20.